The predicted molar refractivity (Wildman–Crippen MR) is 78.4 cm³/mol. The van der Waals surface area contributed by atoms with Crippen molar-refractivity contribution in [1.29, 1.82) is 0 Å². The highest BCUT2D eigenvalue weighted by Crippen LogP contribution is 2.43. The van der Waals surface area contributed by atoms with E-state index in [0.29, 0.717) is 5.60 Å². The molecule has 1 N–H and O–H groups in total. The van der Waals surface area contributed by atoms with Crippen molar-refractivity contribution in [2.75, 3.05) is 26.2 Å². The summed E-state index contributed by atoms with van der Waals surface area (Å²) < 4.78 is 6.06. The van der Waals surface area contributed by atoms with Gasteiger partial charge in [0.15, 0.2) is 0 Å². The maximum atomic E-state index is 6.06. The van der Waals surface area contributed by atoms with Gasteiger partial charge in [0.2, 0.25) is 0 Å². The third-order valence-electron chi connectivity index (χ3n) is 5.46. The summed E-state index contributed by atoms with van der Waals surface area (Å²) in [5.74, 6) is 0. The molecule has 19 heavy (non-hydrogen) atoms. The quantitative estimate of drug-likeness (QED) is 0.846. The largest absolute Gasteiger partial charge is 0.375 e. The van der Waals surface area contributed by atoms with E-state index in [-0.39, 0.29) is 0 Å². The first-order valence-electron chi connectivity index (χ1n) is 8.43. The highest BCUT2D eigenvalue weighted by Gasteiger charge is 2.44. The second-order valence-electron chi connectivity index (χ2n) is 6.80. The first-order valence-corrected chi connectivity index (χ1v) is 8.43. The summed E-state index contributed by atoms with van der Waals surface area (Å²) in [5, 5.41) is 3.68. The van der Waals surface area contributed by atoms with Gasteiger partial charge in [0, 0.05) is 18.7 Å². The number of piperidine rings is 1. The van der Waals surface area contributed by atoms with Gasteiger partial charge in [0.1, 0.15) is 0 Å². The van der Waals surface area contributed by atoms with Crippen molar-refractivity contribution in [1.82, 2.24) is 10.2 Å². The molecule has 3 fully saturated rings. The Bertz CT molecular complexity index is 282. The Balaban J connectivity index is 1.45. The maximum Gasteiger partial charge on any atom is 0.0697 e. The molecule has 2 aliphatic heterocycles. The number of nitrogens with one attached hydrogen (secondary N) is 1. The Kier molecular flexibility index (Phi) is 4.45. The van der Waals surface area contributed by atoms with E-state index in [0.717, 1.165) is 18.7 Å². The van der Waals surface area contributed by atoms with Gasteiger partial charge in [-0.1, -0.05) is 6.92 Å². The van der Waals surface area contributed by atoms with Crippen molar-refractivity contribution in [3.05, 3.63) is 0 Å². The Morgan fingerprint density at radius 2 is 2.00 bits per heavy atom. The fraction of sp³-hybridized carbons (Fsp3) is 1.00. The van der Waals surface area contributed by atoms with Gasteiger partial charge >= 0.3 is 0 Å². The van der Waals surface area contributed by atoms with Crippen LogP contribution in [0.25, 0.3) is 0 Å². The summed E-state index contributed by atoms with van der Waals surface area (Å²) >= 11 is 0. The molecule has 3 rings (SSSR count). The van der Waals surface area contributed by atoms with Crippen LogP contribution in [0.3, 0.4) is 0 Å². The zero-order valence-electron chi connectivity index (χ0n) is 12.5. The lowest BCUT2D eigenvalue weighted by Crippen LogP contribution is -2.54. The van der Waals surface area contributed by atoms with Gasteiger partial charge in [-0.2, -0.15) is 0 Å². The van der Waals surface area contributed by atoms with Crippen LogP contribution in [0.2, 0.25) is 0 Å². The maximum absolute atomic E-state index is 6.06. The lowest BCUT2D eigenvalue weighted by Gasteiger charge is -2.50. The minimum Gasteiger partial charge on any atom is -0.375 e. The molecule has 0 aromatic rings. The molecule has 1 atom stereocenters. The molecule has 1 spiro atoms. The summed E-state index contributed by atoms with van der Waals surface area (Å²) in [4.78, 5) is 2.76. The predicted octanol–water partition coefficient (Wildman–Crippen LogP) is 2.55. The summed E-state index contributed by atoms with van der Waals surface area (Å²) in [6.45, 7) is 7.02. The van der Waals surface area contributed by atoms with Crippen LogP contribution >= 0.6 is 0 Å². The Morgan fingerprint density at radius 1 is 1.21 bits per heavy atom. The smallest absolute Gasteiger partial charge is 0.0697 e. The number of nitrogens with zero attached hydrogens (tertiary/aromatic N) is 1. The van der Waals surface area contributed by atoms with Crippen LogP contribution in [-0.4, -0.2) is 48.8 Å². The van der Waals surface area contributed by atoms with Crippen LogP contribution < -0.4 is 5.32 Å². The molecule has 2 heterocycles. The van der Waals surface area contributed by atoms with E-state index in [2.05, 4.69) is 17.1 Å². The molecule has 3 heteroatoms. The number of hydrogen-bond acceptors (Lipinski definition) is 3. The first kappa shape index (κ1) is 13.8. The van der Waals surface area contributed by atoms with Gasteiger partial charge < -0.3 is 15.0 Å². The minimum atomic E-state index is 0.306. The molecular formula is C16H30N2O. The Morgan fingerprint density at radius 3 is 2.63 bits per heavy atom. The third kappa shape index (κ3) is 3.14. The van der Waals surface area contributed by atoms with Crippen LogP contribution in [0.1, 0.15) is 58.3 Å². The summed E-state index contributed by atoms with van der Waals surface area (Å²) in [5.41, 5.74) is 0.306. The van der Waals surface area contributed by atoms with Crippen molar-refractivity contribution >= 4 is 0 Å². The molecule has 1 unspecified atom stereocenters. The molecule has 0 aromatic carbocycles. The van der Waals surface area contributed by atoms with E-state index < -0.39 is 0 Å². The second-order valence-corrected chi connectivity index (χ2v) is 6.80. The fourth-order valence-corrected chi connectivity index (χ4v) is 4.05. The summed E-state index contributed by atoms with van der Waals surface area (Å²) in [6.07, 6.45) is 10.5. The average Bonchev–Trinajstić information content (AvgIpc) is 2.44. The highest BCUT2D eigenvalue weighted by atomic mass is 16.5. The molecule has 0 amide bonds. The van der Waals surface area contributed by atoms with Crippen LogP contribution in [0.4, 0.5) is 0 Å². The van der Waals surface area contributed by atoms with E-state index in [9.17, 15) is 0 Å². The van der Waals surface area contributed by atoms with Crippen molar-refractivity contribution in [3.63, 3.8) is 0 Å². The van der Waals surface area contributed by atoms with Gasteiger partial charge in [0.25, 0.3) is 0 Å². The normalized spacial score (nSPS) is 32.4. The molecular weight excluding hydrogens is 236 g/mol. The number of likely N-dealkylation sites (tertiary alicyclic amines) is 1. The van der Waals surface area contributed by atoms with Gasteiger partial charge in [-0.05, 0) is 71.0 Å². The highest BCUT2D eigenvalue weighted by molar-refractivity contribution is 4.97. The van der Waals surface area contributed by atoms with Crippen molar-refractivity contribution in [2.45, 2.75) is 76.0 Å². The summed E-state index contributed by atoms with van der Waals surface area (Å²) in [7, 11) is 0. The first-order chi connectivity index (χ1) is 9.31. The van der Waals surface area contributed by atoms with Crippen molar-refractivity contribution in [3.8, 4) is 0 Å². The molecule has 1 aliphatic carbocycles. The van der Waals surface area contributed by atoms with Crippen LogP contribution in [0, 0.1) is 0 Å². The van der Waals surface area contributed by atoms with Crippen LogP contribution in [0.15, 0.2) is 0 Å². The van der Waals surface area contributed by atoms with Crippen LogP contribution in [-0.2, 0) is 4.74 Å². The van der Waals surface area contributed by atoms with Gasteiger partial charge in [-0.25, -0.2) is 0 Å². The van der Waals surface area contributed by atoms with Crippen molar-refractivity contribution in [2.24, 2.45) is 0 Å². The average molecular weight is 266 g/mol. The second kappa shape index (κ2) is 6.11. The molecule has 0 aromatic heterocycles. The zero-order chi connectivity index (χ0) is 13.1. The molecule has 110 valence electrons. The molecule has 3 aliphatic rings. The monoisotopic (exact) mass is 266 g/mol. The Labute approximate surface area is 118 Å². The van der Waals surface area contributed by atoms with E-state index in [1.54, 1.807) is 0 Å². The SMILES string of the molecule is CCCNC1CCN(C2CCOC3(CCC3)C2)CC1. The van der Waals surface area contributed by atoms with Gasteiger partial charge in [-0.15, -0.1) is 0 Å². The van der Waals surface area contributed by atoms with Crippen LogP contribution in [0.5, 0.6) is 0 Å². The lowest BCUT2D eigenvalue weighted by molar-refractivity contribution is -0.150. The minimum absolute atomic E-state index is 0.306. The fourth-order valence-electron chi connectivity index (χ4n) is 4.05. The zero-order valence-corrected chi connectivity index (χ0v) is 12.5. The molecule has 0 radical (unpaired) electrons. The number of ether oxygens (including phenoxy) is 1. The topological polar surface area (TPSA) is 24.5 Å². The van der Waals surface area contributed by atoms with E-state index in [1.807, 2.05) is 0 Å². The molecule has 1 saturated carbocycles. The van der Waals surface area contributed by atoms with Gasteiger partial charge in [-0.3, -0.25) is 0 Å². The number of hydrogen-bond donors (Lipinski definition) is 1. The van der Waals surface area contributed by atoms with E-state index in [1.165, 1.54) is 71.0 Å². The molecule has 0 bridgehead atoms. The van der Waals surface area contributed by atoms with E-state index >= 15 is 0 Å². The third-order valence-corrected chi connectivity index (χ3v) is 5.46. The van der Waals surface area contributed by atoms with E-state index in [4.69, 9.17) is 4.74 Å². The summed E-state index contributed by atoms with van der Waals surface area (Å²) in [6, 6.07) is 1.58. The molecule has 2 saturated heterocycles. The Hall–Kier alpha value is -0.120. The molecule has 3 nitrogen and oxygen atoms in total. The van der Waals surface area contributed by atoms with Gasteiger partial charge in [0.05, 0.1) is 5.60 Å². The van der Waals surface area contributed by atoms with Crippen molar-refractivity contribution < 1.29 is 4.74 Å². The standard InChI is InChI=1S/C16H30N2O/c1-2-9-17-14-4-10-18(11-5-14)15-6-12-19-16(13-15)7-3-8-16/h14-15,17H,2-13H2,1H3. The lowest BCUT2D eigenvalue weighted by atomic mass is 9.73. The number of rotatable bonds is 4.